The zero-order valence-corrected chi connectivity index (χ0v) is 12.7. The summed E-state index contributed by atoms with van der Waals surface area (Å²) in [7, 11) is 0. The van der Waals surface area contributed by atoms with Crippen LogP contribution in [0.15, 0.2) is 10.9 Å². The Morgan fingerprint density at radius 1 is 1.29 bits per heavy atom. The average Bonchev–Trinajstić information content (AvgIpc) is 3.27. The van der Waals surface area contributed by atoms with Crippen LogP contribution in [0.3, 0.4) is 0 Å². The van der Waals surface area contributed by atoms with Gasteiger partial charge >= 0.3 is 0 Å². The molecule has 0 bridgehead atoms. The molecular weight excluding hydrogens is 290 g/mol. The van der Waals surface area contributed by atoms with Gasteiger partial charge in [0.1, 0.15) is 17.5 Å². The van der Waals surface area contributed by atoms with E-state index in [1.807, 2.05) is 0 Å². The van der Waals surface area contributed by atoms with Gasteiger partial charge in [-0.05, 0) is 25.7 Å². The molecule has 0 saturated heterocycles. The van der Waals surface area contributed by atoms with E-state index in [0.29, 0.717) is 5.82 Å². The van der Waals surface area contributed by atoms with Crippen LogP contribution in [0.2, 0.25) is 5.15 Å². The van der Waals surface area contributed by atoms with E-state index in [9.17, 15) is 9.59 Å². The number of carbonyl (C=O) groups excluding carboxylic acids is 1. The van der Waals surface area contributed by atoms with Crippen molar-refractivity contribution >= 4 is 17.5 Å². The molecule has 0 aliphatic heterocycles. The van der Waals surface area contributed by atoms with Crippen LogP contribution in [0.5, 0.6) is 0 Å². The maximum Gasteiger partial charge on any atom is 0.255 e. The lowest BCUT2D eigenvalue weighted by Gasteiger charge is -2.23. The van der Waals surface area contributed by atoms with Crippen molar-refractivity contribution in [1.82, 2.24) is 14.9 Å². The van der Waals surface area contributed by atoms with Crippen molar-refractivity contribution in [2.45, 2.75) is 63.5 Å². The first kappa shape index (κ1) is 14.6. The van der Waals surface area contributed by atoms with E-state index >= 15 is 0 Å². The minimum Gasteiger partial charge on any atom is -0.352 e. The lowest BCUT2D eigenvalue weighted by atomic mass is 9.95. The van der Waals surface area contributed by atoms with Crippen LogP contribution < -0.4 is 10.9 Å². The summed E-state index contributed by atoms with van der Waals surface area (Å²) in [6, 6.07) is 1.54. The fourth-order valence-electron chi connectivity index (χ4n) is 2.97. The molecule has 1 N–H and O–H groups in total. The highest BCUT2D eigenvalue weighted by molar-refractivity contribution is 6.29. The van der Waals surface area contributed by atoms with E-state index in [1.54, 1.807) is 0 Å². The molecule has 0 spiro atoms. The van der Waals surface area contributed by atoms with Gasteiger partial charge in [0.15, 0.2) is 0 Å². The molecule has 1 aromatic rings. The van der Waals surface area contributed by atoms with Crippen molar-refractivity contribution in [1.29, 1.82) is 0 Å². The van der Waals surface area contributed by atoms with Gasteiger partial charge in [-0.3, -0.25) is 14.2 Å². The van der Waals surface area contributed by atoms with Gasteiger partial charge in [-0.15, -0.1) is 0 Å². The molecular formula is C15H20ClN3O2. The largest absolute Gasteiger partial charge is 0.352 e. The second kappa shape index (κ2) is 6.18. The number of amides is 1. The zero-order valence-electron chi connectivity index (χ0n) is 12.0. The number of hydrogen-bond acceptors (Lipinski definition) is 3. The predicted molar refractivity (Wildman–Crippen MR) is 80.5 cm³/mol. The van der Waals surface area contributed by atoms with Gasteiger partial charge in [-0.2, -0.15) is 0 Å². The zero-order chi connectivity index (χ0) is 14.8. The molecule has 0 atom stereocenters. The van der Waals surface area contributed by atoms with E-state index in [2.05, 4.69) is 10.3 Å². The Morgan fingerprint density at radius 3 is 2.67 bits per heavy atom. The molecule has 2 fully saturated rings. The summed E-state index contributed by atoms with van der Waals surface area (Å²) < 4.78 is 1.47. The molecule has 0 aromatic carbocycles. The number of nitrogens with zero attached hydrogens (tertiary/aromatic N) is 2. The molecule has 114 valence electrons. The molecule has 2 saturated carbocycles. The molecule has 21 heavy (non-hydrogen) atoms. The van der Waals surface area contributed by atoms with Gasteiger partial charge < -0.3 is 5.32 Å². The summed E-state index contributed by atoms with van der Waals surface area (Å²) in [5, 5.41) is 3.25. The monoisotopic (exact) mass is 309 g/mol. The number of rotatable bonds is 4. The van der Waals surface area contributed by atoms with Crippen LogP contribution in [0, 0.1) is 0 Å². The third-order valence-electron chi connectivity index (χ3n) is 4.22. The standard InChI is InChI=1S/C15H20ClN3O2/c16-12-8-14(21)19(15(18-12)10-6-7-10)9-13(20)17-11-4-2-1-3-5-11/h8,10-11H,1-7,9H2,(H,17,20). The van der Waals surface area contributed by atoms with Crippen LogP contribution in [0.1, 0.15) is 56.7 Å². The molecule has 1 amide bonds. The minimum absolute atomic E-state index is 0.0470. The van der Waals surface area contributed by atoms with Crippen molar-refractivity contribution in [3.63, 3.8) is 0 Å². The van der Waals surface area contributed by atoms with Crippen LogP contribution in [0.25, 0.3) is 0 Å². The van der Waals surface area contributed by atoms with Gasteiger partial charge in [0.2, 0.25) is 5.91 Å². The quantitative estimate of drug-likeness (QED) is 0.867. The van der Waals surface area contributed by atoms with Gasteiger partial charge in [-0.25, -0.2) is 4.98 Å². The van der Waals surface area contributed by atoms with E-state index in [-0.39, 0.29) is 35.1 Å². The molecule has 0 radical (unpaired) electrons. The molecule has 1 heterocycles. The third kappa shape index (κ3) is 3.64. The van der Waals surface area contributed by atoms with E-state index in [1.165, 1.54) is 29.9 Å². The number of nitrogens with one attached hydrogen (secondary N) is 1. The molecule has 2 aliphatic carbocycles. The van der Waals surface area contributed by atoms with Gasteiger partial charge in [-0.1, -0.05) is 30.9 Å². The number of halogens is 1. The molecule has 0 unspecified atom stereocenters. The first-order valence-corrected chi connectivity index (χ1v) is 8.08. The molecule has 2 aliphatic rings. The maximum atomic E-state index is 12.2. The summed E-state index contributed by atoms with van der Waals surface area (Å²) in [5.74, 6) is 0.834. The highest BCUT2D eigenvalue weighted by Gasteiger charge is 2.29. The normalized spacial score (nSPS) is 19.5. The first-order chi connectivity index (χ1) is 10.1. The number of hydrogen-bond donors (Lipinski definition) is 1. The molecule has 5 nitrogen and oxygen atoms in total. The Kier molecular flexibility index (Phi) is 4.29. The predicted octanol–water partition coefficient (Wildman–Crippen LogP) is 2.22. The fraction of sp³-hybridized carbons (Fsp3) is 0.667. The van der Waals surface area contributed by atoms with E-state index in [0.717, 1.165) is 25.7 Å². The van der Waals surface area contributed by atoms with Crippen LogP contribution in [-0.2, 0) is 11.3 Å². The Bertz CT molecular complexity index is 589. The highest BCUT2D eigenvalue weighted by atomic mass is 35.5. The van der Waals surface area contributed by atoms with Crippen LogP contribution >= 0.6 is 11.6 Å². The average molecular weight is 310 g/mol. The Balaban J connectivity index is 1.71. The topological polar surface area (TPSA) is 64.0 Å². The summed E-state index contributed by atoms with van der Waals surface area (Å²) in [4.78, 5) is 28.5. The summed E-state index contributed by atoms with van der Waals surface area (Å²) >= 11 is 5.86. The smallest absolute Gasteiger partial charge is 0.255 e. The Labute approximate surface area is 128 Å². The fourth-order valence-corrected chi connectivity index (χ4v) is 3.15. The summed E-state index contributed by atoms with van der Waals surface area (Å²) in [5.41, 5.74) is -0.240. The van der Waals surface area contributed by atoms with E-state index in [4.69, 9.17) is 11.6 Å². The Hall–Kier alpha value is -1.36. The maximum absolute atomic E-state index is 12.2. The van der Waals surface area contributed by atoms with Crippen molar-refractivity contribution in [2.75, 3.05) is 0 Å². The summed E-state index contributed by atoms with van der Waals surface area (Å²) in [6.07, 6.45) is 7.68. The highest BCUT2D eigenvalue weighted by Crippen LogP contribution is 2.38. The molecule has 6 heteroatoms. The van der Waals surface area contributed by atoms with Gasteiger partial charge in [0.25, 0.3) is 5.56 Å². The van der Waals surface area contributed by atoms with E-state index < -0.39 is 0 Å². The van der Waals surface area contributed by atoms with Crippen LogP contribution in [-0.4, -0.2) is 21.5 Å². The molecule has 1 aromatic heterocycles. The van der Waals surface area contributed by atoms with Crippen molar-refractivity contribution in [3.8, 4) is 0 Å². The summed E-state index contributed by atoms with van der Waals surface area (Å²) in [6.45, 7) is 0.0470. The van der Waals surface area contributed by atoms with Crippen molar-refractivity contribution in [3.05, 3.63) is 27.4 Å². The van der Waals surface area contributed by atoms with Gasteiger partial charge in [0, 0.05) is 18.0 Å². The van der Waals surface area contributed by atoms with Gasteiger partial charge in [0.05, 0.1) is 0 Å². The Morgan fingerprint density at radius 2 is 2.00 bits per heavy atom. The number of aromatic nitrogens is 2. The van der Waals surface area contributed by atoms with Crippen molar-refractivity contribution in [2.24, 2.45) is 0 Å². The SMILES string of the molecule is O=C(Cn1c(C2CC2)nc(Cl)cc1=O)NC1CCCCC1. The lowest BCUT2D eigenvalue weighted by molar-refractivity contribution is -0.122. The second-order valence-corrected chi connectivity index (χ2v) is 6.43. The minimum atomic E-state index is -0.240. The van der Waals surface area contributed by atoms with Crippen molar-refractivity contribution < 1.29 is 4.79 Å². The second-order valence-electron chi connectivity index (χ2n) is 6.04. The third-order valence-corrected chi connectivity index (χ3v) is 4.41. The van der Waals surface area contributed by atoms with Crippen LogP contribution in [0.4, 0.5) is 0 Å². The number of carbonyl (C=O) groups is 1. The molecule has 3 rings (SSSR count). The first-order valence-electron chi connectivity index (χ1n) is 7.70. The lowest BCUT2D eigenvalue weighted by Crippen LogP contribution is -2.40.